The molecule has 0 aliphatic carbocycles. The number of carbonyl (C=O) groups excluding carboxylic acids is 1. The van der Waals surface area contributed by atoms with Crippen molar-refractivity contribution in [1.29, 1.82) is 0 Å². The van der Waals surface area contributed by atoms with Gasteiger partial charge in [0, 0.05) is 27.7 Å². The van der Waals surface area contributed by atoms with E-state index in [0.29, 0.717) is 33.4 Å². The minimum atomic E-state index is -0.418. The summed E-state index contributed by atoms with van der Waals surface area (Å²) >= 11 is 3.40. The van der Waals surface area contributed by atoms with Crippen molar-refractivity contribution in [2.75, 3.05) is 0 Å². The van der Waals surface area contributed by atoms with E-state index in [9.17, 15) is 14.0 Å². The molecule has 5 aromatic rings. The number of halogens is 2. The fraction of sp³-hybridized carbons (Fsp3) is 0.0435. The van der Waals surface area contributed by atoms with Gasteiger partial charge in [-0.15, -0.1) is 0 Å². The van der Waals surface area contributed by atoms with Gasteiger partial charge in [-0.3, -0.25) is 9.59 Å². The van der Waals surface area contributed by atoms with Crippen molar-refractivity contribution in [2.24, 2.45) is 0 Å². The summed E-state index contributed by atoms with van der Waals surface area (Å²) in [6.45, 7) is 0.0486. The Morgan fingerprint density at radius 3 is 2.66 bits per heavy atom. The van der Waals surface area contributed by atoms with Crippen LogP contribution in [0.4, 0.5) is 4.39 Å². The highest BCUT2D eigenvalue weighted by atomic mass is 79.9. The summed E-state index contributed by atoms with van der Waals surface area (Å²) in [7, 11) is 0. The predicted molar refractivity (Wildman–Crippen MR) is 122 cm³/mol. The van der Waals surface area contributed by atoms with Crippen LogP contribution >= 0.6 is 15.9 Å². The Morgan fingerprint density at radius 2 is 1.88 bits per heavy atom. The number of amides is 1. The molecule has 0 saturated heterocycles. The minimum absolute atomic E-state index is 0.0486. The minimum Gasteiger partial charge on any atom is -0.348 e. The van der Waals surface area contributed by atoms with E-state index in [2.05, 4.69) is 36.5 Å². The maximum atomic E-state index is 13.8. The third-order valence-electron chi connectivity index (χ3n) is 5.14. The van der Waals surface area contributed by atoms with Crippen molar-refractivity contribution < 1.29 is 9.18 Å². The lowest BCUT2D eigenvalue weighted by atomic mass is 10.1. The van der Waals surface area contributed by atoms with Crippen LogP contribution in [0.3, 0.4) is 0 Å². The second-order valence-electron chi connectivity index (χ2n) is 7.15. The molecule has 0 aliphatic rings. The summed E-state index contributed by atoms with van der Waals surface area (Å²) in [6.07, 6.45) is 0. The van der Waals surface area contributed by atoms with E-state index < -0.39 is 5.56 Å². The highest BCUT2D eigenvalue weighted by Crippen LogP contribution is 2.24. The number of H-pyrrole nitrogens is 1. The lowest BCUT2D eigenvalue weighted by molar-refractivity contribution is 0.0950. The third kappa shape index (κ3) is 3.56. The van der Waals surface area contributed by atoms with Crippen LogP contribution in [-0.4, -0.2) is 25.7 Å². The molecule has 2 N–H and O–H groups in total. The second-order valence-corrected chi connectivity index (χ2v) is 8.06. The summed E-state index contributed by atoms with van der Waals surface area (Å²) in [4.78, 5) is 29.5. The Labute approximate surface area is 189 Å². The standard InChI is InChI=1S/C23H15BrFN5O2/c24-16-8-5-13(6-9-16)20-21-27-23(32)17-10-7-14(11-19(17)30(21)29-28-20)22(31)26-12-15-3-1-2-4-18(15)25/h1-11,29H,12H2,(H,26,31). The molecule has 0 fully saturated rings. The number of hydrogen-bond donors (Lipinski definition) is 2. The van der Waals surface area contributed by atoms with Gasteiger partial charge in [0.25, 0.3) is 11.5 Å². The van der Waals surface area contributed by atoms with Gasteiger partial charge in [0.2, 0.25) is 0 Å². The molecule has 3 aromatic carbocycles. The Morgan fingerprint density at radius 1 is 1.09 bits per heavy atom. The van der Waals surface area contributed by atoms with Crippen LogP contribution in [0.5, 0.6) is 0 Å². The first-order chi connectivity index (χ1) is 15.5. The summed E-state index contributed by atoms with van der Waals surface area (Å²) in [5.41, 5.74) is 2.43. The zero-order valence-corrected chi connectivity index (χ0v) is 18.1. The maximum Gasteiger partial charge on any atom is 0.281 e. The fourth-order valence-corrected chi connectivity index (χ4v) is 3.75. The molecular formula is C23H15BrFN5O2. The van der Waals surface area contributed by atoms with E-state index >= 15 is 0 Å². The van der Waals surface area contributed by atoms with Crippen LogP contribution in [0, 0.1) is 5.82 Å². The van der Waals surface area contributed by atoms with Gasteiger partial charge in [0.1, 0.15) is 11.5 Å². The first-order valence-electron chi connectivity index (χ1n) is 9.70. The zero-order chi connectivity index (χ0) is 22.2. The van der Waals surface area contributed by atoms with Gasteiger partial charge in [-0.25, -0.2) is 14.1 Å². The highest BCUT2D eigenvalue weighted by Gasteiger charge is 2.16. The van der Waals surface area contributed by atoms with Gasteiger partial charge in [-0.2, -0.15) is 10.1 Å². The molecule has 0 radical (unpaired) electrons. The number of hydrogen-bond acceptors (Lipinski definition) is 4. The van der Waals surface area contributed by atoms with E-state index in [4.69, 9.17) is 0 Å². The van der Waals surface area contributed by atoms with Gasteiger partial charge >= 0.3 is 0 Å². The van der Waals surface area contributed by atoms with E-state index in [1.165, 1.54) is 6.07 Å². The molecule has 7 nitrogen and oxygen atoms in total. The summed E-state index contributed by atoms with van der Waals surface area (Å²) < 4.78 is 16.3. The molecule has 0 aliphatic heterocycles. The quantitative estimate of drug-likeness (QED) is 0.396. The third-order valence-corrected chi connectivity index (χ3v) is 5.67. The SMILES string of the molecule is O=C(NCc1ccccc1F)c1ccc2c(=O)nc3c(-c4ccc(Br)cc4)n[nH]n3c2c1. The van der Waals surface area contributed by atoms with Gasteiger partial charge in [0.05, 0.1) is 10.9 Å². The molecule has 0 unspecified atom stereocenters. The van der Waals surface area contributed by atoms with Crippen molar-refractivity contribution >= 4 is 38.4 Å². The van der Waals surface area contributed by atoms with Crippen LogP contribution in [0.2, 0.25) is 0 Å². The lowest BCUT2D eigenvalue weighted by Gasteiger charge is -2.08. The Hall–Kier alpha value is -3.85. The summed E-state index contributed by atoms with van der Waals surface area (Å²) in [6, 6.07) is 18.4. The van der Waals surface area contributed by atoms with Crippen LogP contribution in [0.25, 0.3) is 27.8 Å². The number of aromatic amines is 1. The number of nitrogens with zero attached hydrogens (tertiary/aromatic N) is 3. The average Bonchev–Trinajstić information content (AvgIpc) is 3.22. The molecule has 0 atom stereocenters. The smallest absolute Gasteiger partial charge is 0.281 e. The molecule has 158 valence electrons. The molecule has 0 spiro atoms. The monoisotopic (exact) mass is 491 g/mol. The molecule has 32 heavy (non-hydrogen) atoms. The summed E-state index contributed by atoms with van der Waals surface area (Å²) in [5.74, 6) is -0.774. The largest absolute Gasteiger partial charge is 0.348 e. The molecular weight excluding hydrogens is 477 g/mol. The number of carbonyl (C=O) groups is 1. The van der Waals surface area contributed by atoms with Crippen LogP contribution in [0.15, 0.2) is 76.0 Å². The molecule has 2 aromatic heterocycles. The molecule has 2 heterocycles. The van der Waals surface area contributed by atoms with Crippen LogP contribution < -0.4 is 10.9 Å². The number of rotatable bonds is 4. The molecule has 0 bridgehead atoms. The number of fused-ring (bicyclic) bond motifs is 3. The van der Waals surface area contributed by atoms with E-state index in [0.717, 1.165) is 10.0 Å². The number of benzene rings is 3. The molecule has 0 saturated carbocycles. The topological polar surface area (TPSA) is 92.2 Å². The number of aromatic nitrogens is 4. The van der Waals surface area contributed by atoms with Crippen molar-refractivity contribution in [2.45, 2.75) is 6.54 Å². The van der Waals surface area contributed by atoms with Crippen molar-refractivity contribution in [1.82, 2.24) is 25.1 Å². The van der Waals surface area contributed by atoms with Gasteiger partial charge in [-0.1, -0.05) is 46.3 Å². The maximum absolute atomic E-state index is 13.8. The normalized spacial score (nSPS) is 11.2. The first-order valence-corrected chi connectivity index (χ1v) is 10.5. The van der Waals surface area contributed by atoms with Gasteiger partial charge < -0.3 is 5.32 Å². The zero-order valence-electron chi connectivity index (χ0n) is 16.5. The van der Waals surface area contributed by atoms with Gasteiger partial charge in [0.15, 0.2) is 5.65 Å². The summed E-state index contributed by atoms with van der Waals surface area (Å²) in [5, 5.41) is 10.3. The molecule has 5 rings (SSSR count). The van der Waals surface area contributed by atoms with Crippen LogP contribution in [0.1, 0.15) is 15.9 Å². The highest BCUT2D eigenvalue weighted by molar-refractivity contribution is 9.10. The Bertz CT molecular complexity index is 1540. The average molecular weight is 492 g/mol. The lowest BCUT2D eigenvalue weighted by Crippen LogP contribution is -2.23. The van der Waals surface area contributed by atoms with Crippen LogP contribution in [-0.2, 0) is 6.54 Å². The fourth-order valence-electron chi connectivity index (χ4n) is 3.49. The Balaban J connectivity index is 1.54. The van der Waals surface area contributed by atoms with E-state index in [1.54, 1.807) is 40.9 Å². The van der Waals surface area contributed by atoms with Crippen molar-refractivity contribution in [3.63, 3.8) is 0 Å². The van der Waals surface area contributed by atoms with Crippen molar-refractivity contribution in [3.05, 3.63) is 98.5 Å². The van der Waals surface area contributed by atoms with E-state index in [1.807, 2.05) is 24.3 Å². The number of nitrogens with one attached hydrogen (secondary N) is 2. The van der Waals surface area contributed by atoms with E-state index in [-0.39, 0.29) is 18.3 Å². The van der Waals surface area contributed by atoms with Gasteiger partial charge in [-0.05, 0) is 36.4 Å². The molecule has 1 amide bonds. The Kier molecular flexibility index (Phi) is 5.02. The first kappa shape index (κ1) is 20.1. The predicted octanol–water partition coefficient (Wildman–Crippen LogP) is 4.07. The van der Waals surface area contributed by atoms with Crippen molar-refractivity contribution in [3.8, 4) is 11.3 Å². The molecule has 9 heteroatoms. The second kappa shape index (κ2) is 8.01.